The molecule has 1 aliphatic heterocycles. The summed E-state index contributed by atoms with van der Waals surface area (Å²) in [5.74, 6) is -0.0658. The van der Waals surface area contributed by atoms with E-state index in [0.29, 0.717) is 23.8 Å². The molecule has 1 heterocycles. The molecular weight excluding hydrogens is 278 g/mol. The third-order valence-corrected chi connectivity index (χ3v) is 3.64. The van der Waals surface area contributed by atoms with Crippen LogP contribution in [0.4, 0.5) is 5.69 Å². The normalized spacial score (nSPS) is 15.9. The molecule has 2 rings (SSSR count). The van der Waals surface area contributed by atoms with Gasteiger partial charge in [0.05, 0.1) is 6.54 Å². The molecule has 0 aromatic heterocycles. The molecule has 2 amide bonds. The van der Waals surface area contributed by atoms with Gasteiger partial charge in [0, 0.05) is 23.8 Å². The van der Waals surface area contributed by atoms with E-state index >= 15 is 0 Å². The molecule has 1 fully saturated rings. The third kappa shape index (κ3) is 3.22. The number of nitrogens with two attached hydrogens (primary N) is 1. The predicted octanol–water partition coefficient (Wildman–Crippen LogP) is 1.50. The van der Waals surface area contributed by atoms with E-state index in [1.807, 2.05) is 6.92 Å². The van der Waals surface area contributed by atoms with Gasteiger partial charge in [0.15, 0.2) is 0 Å². The monoisotopic (exact) mass is 295 g/mol. The molecule has 0 spiro atoms. The van der Waals surface area contributed by atoms with Crippen molar-refractivity contribution >= 4 is 29.1 Å². The summed E-state index contributed by atoms with van der Waals surface area (Å²) in [4.78, 5) is 27.2. The van der Waals surface area contributed by atoms with Crippen LogP contribution in [0.5, 0.6) is 0 Å². The minimum atomic E-state index is -0.0501. The molecule has 0 unspecified atom stereocenters. The number of hydrogen-bond acceptors (Lipinski definition) is 3. The SMILES string of the molecule is CCCN1CC(=O)N(Cc2ccc(N)cc2Cl)CC1=O. The van der Waals surface area contributed by atoms with Crippen LogP contribution in [0.15, 0.2) is 18.2 Å². The summed E-state index contributed by atoms with van der Waals surface area (Å²) in [5, 5.41) is 0.515. The highest BCUT2D eigenvalue weighted by atomic mass is 35.5. The molecule has 0 bridgehead atoms. The lowest BCUT2D eigenvalue weighted by Gasteiger charge is -2.34. The highest BCUT2D eigenvalue weighted by Crippen LogP contribution is 2.21. The van der Waals surface area contributed by atoms with Gasteiger partial charge >= 0.3 is 0 Å². The highest BCUT2D eigenvalue weighted by molar-refractivity contribution is 6.31. The van der Waals surface area contributed by atoms with Crippen molar-refractivity contribution in [3.63, 3.8) is 0 Å². The summed E-state index contributed by atoms with van der Waals surface area (Å²) < 4.78 is 0. The third-order valence-electron chi connectivity index (χ3n) is 3.29. The van der Waals surface area contributed by atoms with Gasteiger partial charge in [0.1, 0.15) is 6.54 Å². The topological polar surface area (TPSA) is 66.6 Å². The van der Waals surface area contributed by atoms with Crippen LogP contribution in [0.2, 0.25) is 5.02 Å². The van der Waals surface area contributed by atoms with Crippen molar-refractivity contribution in [2.45, 2.75) is 19.9 Å². The van der Waals surface area contributed by atoms with Gasteiger partial charge in [-0.15, -0.1) is 0 Å². The Balaban J connectivity index is 2.07. The number of amides is 2. The van der Waals surface area contributed by atoms with Crippen LogP contribution >= 0.6 is 11.6 Å². The van der Waals surface area contributed by atoms with Crippen LogP contribution in [-0.4, -0.2) is 41.2 Å². The average Bonchev–Trinajstić information content (AvgIpc) is 2.38. The molecule has 1 aromatic carbocycles. The van der Waals surface area contributed by atoms with Crippen LogP contribution < -0.4 is 5.73 Å². The standard InChI is InChI=1S/C14H18ClN3O2/c1-2-5-17-8-14(20)18(9-13(17)19)7-10-3-4-11(16)6-12(10)15/h3-4,6H,2,5,7-9,16H2,1H3. The molecule has 0 saturated carbocycles. The lowest BCUT2D eigenvalue weighted by molar-refractivity contribution is -0.150. The van der Waals surface area contributed by atoms with Crippen LogP contribution in [-0.2, 0) is 16.1 Å². The lowest BCUT2D eigenvalue weighted by Crippen LogP contribution is -2.53. The summed E-state index contributed by atoms with van der Waals surface area (Å²) in [7, 11) is 0. The quantitative estimate of drug-likeness (QED) is 0.856. The van der Waals surface area contributed by atoms with Gasteiger partial charge in [-0.25, -0.2) is 0 Å². The van der Waals surface area contributed by atoms with E-state index in [2.05, 4.69) is 0 Å². The van der Waals surface area contributed by atoms with Gasteiger partial charge in [-0.05, 0) is 24.1 Å². The molecule has 0 radical (unpaired) electrons. The maximum Gasteiger partial charge on any atom is 0.242 e. The van der Waals surface area contributed by atoms with Gasteiger partial charge < -0.3 is 15.5 Å². The number of rotatable bonds is 4. The zero-order valence-electron chi connectivity index (χ0n) is 11.4. The second-order valence-corrected chi connectivity index (χ2v) is 5.32. The summed E-state index contributed by atoms with van der Waals surface area (Å²) in [6.07, 6.45) is 0.850. The molecule has 108 valence electrons. The fourth-order valence-electron chi connectivity index (χ4n) is 2.22. The van der Waals surface area contributed by atoms with E-state index in [1.54, 1.807) is 23.1 Å². The maximum absolute atomic E-state index is 12.1. The van der Waals surface area contributed by atoms with E-state index < -0.39 is 0 Å². The number of benzene rings is 1. The van der Waals surface area contributed by atoms with E-state index in [-0.39, 0.29) is 24.9 Å². The summed E-state index contributed by atoms with van der Waals surface area (Å²) in [6.45, 7) is 3.21. The molecule has 1 aliphatic rings. The minimum Gasteiger partial charge on any atom is -0.399 e. The van der Waals surface area contributed by atoms with Gasteiger partial charge in [0.25, 0.3) is 0 Å². The Morgan fingerprint density at radius 3 is 2.50 bits per heavy atom. The first-order valence-electron chi connectivity index (χ1n) is 6.60. The number of nitrogens with zero attached hydrogens (tertiary/aromatic N) is 2. The number of piperazine rings is 1. The molecular formula is C14H18ClN3O2. The number of hydrogen-bond donors (Lipinski definition) is 1. The smallest absolute Gasteiger partial charge is 0.242 e. The number of nitrogen functional groups attached to an aromatic ring is 1. The lowest BCUT2D eigenvalue weighted by atomic mass is 10.1. The Kier molecular flexibility index (Phi) is 4.49. The summed E-state index contributed by atoms with van der Waals surface area (Å²) >= 11 is 6.10. The summed E-state index contributed by atoms with van der Waals surface area (Å²) in [5.41, 5.74) is 7.01. The van der Waals surface area contributed by atoms with E-state index in [1.165, 1.54) is 4.90 Å². The van der Waals surface area contributed by atoms with E-state index in [0.717, 1.165) is 12.0 Å². The number of halogens is 1. The molecule has 6 heteroatoms. The Labute approximate surface area is 123 Å². The first-order valence-corrected chi connectivity index (χ1v) is 6.98. The van der Waals surface area contributed by atoms with Crippen molar-refractivity contribution < 1.29 is 9.59 Å². The predicted molar refractivity (Wildman–Crippen MR) is 78.2 cm³/mol. The molecule has 0 aliphatic carbocycles. The molecule has 1 saturated heterocycles. The van der Waals surface area contributed by atoms with E-state index in [9.17, 15) is 9.59 Å². The molecule has 1 aromatic rings. The van der Waals surface area contributed by atoms with Crippen molar-refractivity contribution in [1.82, 2.24) is 9.80 Å². The van der Waals surface area contributed by atoms with Gasteiger partial charge in [0.2, 0.25) is 11.8 Å². The van der Waals surface area contributed by atoms with Crippen molar-refractivity contribution in [3.8, 4) is 0 Å². The van der Waals surface area contributed by atoms with Crippen molar-refractivity contribution in [3.05, 3.63) is 28.8 Å². The Morgan fingerprint density at radius 2 is 1.85 bits per heavy atom. The second-order valence-electron chi connectivity index (χ2n) is 4.92. The molecule has 0 atom stereocenters. The van der Waals surface area contributed by atoms with Gasteiger partial charge in [-0.2, -0.15) is 0 Å². The number of carbonyl (C=O) groups excluding carboxylic acids is 2. The fraction of sp³-hybridized carbons (Fsp3) is 0.429. The van der Waals surface area contributed by atoms with Crippen LogP contribution in [0.25, 0.3) is 0 Å². The maximum atomic E-state index is 12.1. The van der Waals surface area contributed by atoms with Crippen molar-refractivity contribution in [2.75, 3.05) is 25.4 Å². The first kappa shape index (κ1) is 14.7. The molecule has 20 heavy (non-hydrogen) atoms. The zero-order valence-corrected chi connectivity index (χ0v) is 12.2. The fourth-order valence-corrected chi connectivity index (χ4v) is 2.47. The zero-order chi connectivity index (χ0) is 14.7. The number of anilines is 1. The average molecular weight is 296 g/mol. The highest BCUT2D eigenvalue weighted by Gasteiger charge is 2.29. The van der Waals surface area contributed by atoms with Crippen LogP contribution in [0.1, 0.15) is 18.9 Å². The van der Waals surface area contributed by atoms with Crippen LogP contribution in [0.3, 0.4) is 0 Å². The number of carbonyl (C=O) groups is 2. The van der Waals surface area contributed by atoms with Gasteiger partial charge in [-0.3, -0.25) is 9.59 Å². The van der Waals surface area contributed by atoms with E-state index in [4.69, 9.17) is 17.3 Å². The summed E-state index contributed by atoms with van der Waals surface area (Å²) in [6, 6.07) is 5.17. The van der Waals surface area contributed by atoms with Crippen molar-refractivity contribution in [1.29, 1.82) is 0 Å². The second kappa shape index (κ2) is 6.13. The first-order chi connectivity index (χ1) is 9.51. The Morgan fingerprint density at radius 1 is 1.20 bits per heavy atom. The molecule has 2 N–H and O–H groups in total. The molecule has 5 nitrogen and oxygen atoms in total. The largest absolute Gasteiger partial charge is 0.399 e. The Bertz CT molecular complexity index is 533. The van der Waals surface area contributed by atoms with Gasteiger partial charge in [-0.1, -0.05) is 24.6 Å². The van der Waals surface area contributed by atoms with Crippen molar-refractivity contribution in [2.24, 2.45) is 0 Å². The Hall–Kier alpha value is -1.75. The minimum absolute atomic E-state index is 0.0157. The van der Waals surface area contributed by atoms with Crippen LogP contribution in [0, 0.1) is 0 Å².